The Labute approximate surface area is 161 Å². The highest BCUT2D eigenvalue weighted by atomic mass is 35.5. The first kappa shape index (κ1) is 17.1. The fourth-order valence-electron chi connectivity index (χ4n) is 3.29. The van der Waals surface area contributed by atoms with Gasteiger partial charge in [-0.1, -0.05) is 35.3 Å². The van der Waals surface area contributed by atoms with Gasteiger partial charge in [0.2, 0.25) is 0 Å². The summed E-state index contributed by atoms with van der Waals surface area (Å²) in [6, 6.07) is 13.4. The predicted molar refractivity (Wildman–Crippen MR) is 108 cm³/mol. The minimum atomic E-state index is -0.159. The van der Waals surface area contributed by atoms with Crippen LogP contribution in [0.15, 0.2) is 48.7 Å². The molecule has 1 aliphatic heterocycles. The normalized spacial score (nSPS) is 14.7. The highest BCUT2D eigenvalue weighted by molar-refractivity contribution is 6.43. The van der Waals surface area contributed by atoms with Gasteiger partial charge in [-0.2, -0.15) is 0 Å². The second-order valence-electron chi connectivity index (χ2n) is 6.22. The third-order valence-corrected chi connectivity index (χ3v) is 5.49. The van der Waals surface area contributed by atoms with Gasteiger partial charge in [-0.15, -0.1) is 0 Å². The van der Waals surface area contributed by atoms with Crippen LogP contribution in [0.3, 0.4) is 0 Å². The molecule has 134 valence electrons. The zero-order valence-corrected chi connectivity index (χ0v) is 15.5. The van der Waals surface area contributed by atoms with Crippen LogP contribution < -0.4 is 10.2 Å². The van der Waals surface area contributed by atoms with E-state index in [1.54, 1.807) is 23.1 Å². The van der Waals surface area contributed by atoms with Gasteiger partial charge in [0.25, 0.3) is 0 Å². The smallest absolute Gasteiger partial charge is 0.322 e. The number of rotatable bonds is 2. The Bertz CT molecular complexity index is 948. The number of piperazine rings is 1. The molecule has 2 amide bonds. The second kappa shape index (κ2) is 7.09. The van der Waals surface area contributed by atoms with Gasteiger partial charge in [0.15, 0.2) is 0 Å². The average molecular weight is 389 g/mol. The van der Waals surface area contributed by atoms with E-state index in [9.17, 15) is 4.79 Å². The molecular formula is C19H18Cl2N4O. The number of nitrogens with zero attached hydrogens (tertiary/aromatic N) is 2. The Morgan fingerprint density at radius 1 is 1.00 bits per heavy atom. The Morgan fingerprint density at radius 2 is 1.77 bits per heavy atom. The van der Waals surface area contributed by atoms with Crippen molar-refractivity contribution in [1.29, 1.82) is 0 Å². The molecule has 0 bridgehead atoms. The molecule has 1 saturated heterocycles. The molecule has 7 heteroatoms. The van der Waals surface area contributed by atoms with E-state index in [-0.39, 0.29) is 6.03 Å². The predicted octanol–water partition coefficient (Wildman–Crippen LogP) is 4.83. The van der Waals surface area contributed by atoms with E-state index in [0.717, 1.165) is 18.6 Å². The zero-order valence-electron chi connectivity index (χ0n) is 14.0. The van der Waals surface area contributed by atoms with Crippen LogP contribution in [-0.4, -0.2) is 42.1 Å². The molecule has 0 saturated carbocycles. The molecule has 4 rings (SSSR count). The number of H-pyrrole nitrogens is 1. The molecule has 0 atom stereocenters. The van der Waals surface area contributed by atoms with Crippen LogP contribution in [0.4, 0.5) is 16.2 Å². The standard InChI is InChI=1S/C19H18Cl2N4O/c20-14-3-1-5-16(18(14)21)23-19(26)25-11-9-24(10-12-25)17-6-2-4-15-13(17)7-8-22-15/h1-8,22H,9-12H2,(H,23,26). The maximum Gasteiger partial charge on any atom is 0.322 e. The molecule has 1 aliphatic rings. The third-order valence-electron chi connectivity index (χ3n) is 4.67. The summed E-state index contributed by atoms with van der Waals surface area (Å²) in [5.41, 5.74) is 2.85. The quantitative estimate of drug-likeness (QED) is 0.660. The van der Waals surface area contributed by atoms with E-state index >= 15 is 0 Å². The van der Waals surface area contributed by atoms with Gasteiger partial charge < -0.3 is 20.1 Å². The molecule has 2 aromatic carbocycles. The summed E-state index contributed by atoms with van der Waals surface area (Å²) < 4.78 is 0. The molecule has 0 aliphatic carbocycles. The first-order valence-corrected chi connectivity index (χ1v) is 9.20. The molecule has 1 aromatic heterocycles. The summed E-state index contributed by atoms with van der Waals surface area (Å²) in [6.45, 7) is 2.84. The van der Waals surface area contributed by atoms with Crippen molar-refractivity contribution >= 4 is 51.5 Å². The number of anilines is 2. The number of fused-ring (bicyclic) bond motifs is 1. The lowest BCUT2D eigenvalue weighted by Crippen LogP contribution is -2.50. The molecule has 2 heterocycles. The van der Waals surface area contributed by atoms with Crippen LogP contribution in [0.2, 0.25) is 10.0 Å². The van der Waals surface area contributed by atoms with E-state index in [1.165, 1.54) is 11.1 Å². The minimum absolute atomic E-state index is 0.159. The van der Waals surface area contributed by atoms with Crippen molar-refractivity contribution in [2.24, 2.45) is 0 Å². The van der Waals surface area contributed by atoms with Crippen molar-refractivity contribution in [2.75, 3.05) is 36.4 Å². The number of halogens is 2. The summed E-state index contributed by atoms with van der Waals surface area (Å²) in [7, 11) is 0. The minimum Gasteiger partial charge on any atom is -0.367 e. The van der Waals surface area contributed by atoms with Crippen LogP contribution in [0, 0.1) is 0 Å². The number of aromatic nitrogens is 1. The summed E-state index contributed by atoms with van der Waals surface area (Å²) in [5, 5.41) is 4.84. The lowest BCUT2D eigenvalue weighted by molar-refractivity contribution is 0.208. The Balaban J connectivity index is 1.42. The van der Waals surface area contributed by atoms with Crippen LogP contribution in [-0.2, 0) is 0 Å². The summed E-state index contributed by atoms with van der Waals surface area (Å²) in [6.07, 6.45) is 1.95. The molecule has 0 radical (unpaired) electrons. The highest BCUT2D eigenvalue weighted by Crippen LogP contribution is 2.30. The first-order chi connectivity index (χ1) is 12.6. The van der Waals surface area contributed by atoms with Gasteiger partial charge in [-0.25, -0.2) is 4.79 Å². The van der Waals surface area contributed by atoms with Gasteiger partial charge >= 0.3 is 6.03 Å². The average Bonchev–Trinajstić information content (AvgIpc) is 3.14. The Morgan fingerprint density at radius 3 is 2.58 bits per heavy atom. The summed E-state index contributed by atoms with van der Waals surface area (Å²) in [5.74, 6) is 0. The lowest BCUT2D eigenvalue weighted by atomic mass is 10.2. The fraction of sp³-hybridized carbons (Fsp3) is 0.211. The van der Waals surface area contributed by atoms with Gasteiger partial charge in [-0.3, -0.25) is 0 Å². The molecule has 26 heavy (non-hydrogen) atoms. The topological polar surface area (TPSA) is 51.4 Å². The lowest BCUT2D eigenvalue weighted by Gasteiger charge is -2.36. The number of urea groups is 1. The van der Waals surface area contributed by atoms with E-state index in [0.29, 0.717) is 28.8 Å². The monoisotopic (exact) mass is 388 g/mol. The number of carbonyl (C=O) groups is 1. The van der Waals surface area contributed by atoms with Crippen LogP contribution in [0.25, 0.3) is 10.9 Å². The Hall–Kier alpha value is -2.37. The zero-order chi connectivity index (χ0) is 18.1. The maximum absolute atomic E-state index is 12.5. The molecule has 3 aromatic rings. The van der Waals surface area contributed by atoms with Crippen LogP contribution in [0.1, 0.15) is 0 Å². The van der Waals surface area contributed by atoms with Gasteiger partial charge in [0.1, 0.15) is 0 Å². The number of amides is 2. The van der Waals surface area contributed by atoms with Crippen molar-refractivity contribution in [3.05, 3.63) is 58.7 Å². The molecular weight excluding hydrogens is 371 g/mol. The summed E-state index contributed by atoms with van der Waals surface area (Å²) >= 11 is 12.2. The largest absolute Gasteiger partial charge is 0.367 e. The SMILES string of the molecule is O=C(Nc1cccc(Cl)c1Cl)N1CCN(c2cccc3[nH]ccc23)CC1. The van der Waals surface area contributed by atoms with Crippen molar-refractivity contribution in [2.45, 2.75) is 0 Å². The number of aromatic amines is 1. The summed E-state index contributed by atoms with van der Waals surface area (Å²) in [4.78, 5) is 19.9. The van der Waals surface area contributed by atoms with E-state index in [4.69, 9.17) is 23.2 Å². The van der Waals surface area contributed by atoms with Gasteiger partial charge in [0.05, 0.1) is 15.7 Å². The van der Waals surface area contributed by atoms with E-state index in [2.05, 4.69) is 33.4 Å². The van der Waals surface area contributed by atoms with Crippen LogP contribution >= 0.6 is 23.2 Å². The number of carbonyl (C=O) groups excluding carboxylic acids is 1. The van der Waals surface area contributed by atoms with Crippen molar-refractivity contribution in [3.8, 4) is 0 Å². The Kier molecular flexibility index (Phi) is 4.66. The highest BCUT2D eigenvalue weighted by Gasteiger charge is 2.23. The number of benzene rings is 2. The number of nitrogens with one attached hydrogen (secondary N) is 2. The fourth-order valence-corrected chi connectivity index (χ4v) is 3.64. The van der Waals surface area contributed by atoms with Crippen molar-refractivity contribution < 1.29 is 4.79 Å². The molecule has 5 nitrogen and oxygen atoms in total. The number of hydrogen-bond donors (Lipinski definition) is 2. The molecule has 0 spiro atoms. The first-order valence-electron chi connectivity index (χ1n) is 8.44. The number of hydrogen-bond acceptors (Lipinski definition) is 2. The van der Waals surface area contributed by atoms with Crippen molar-refractivity contribution in [3.63, 3.8) is 0 Å². The van der Waals surface area contributed by atoms with Gasteiger partial charge in [0, 0.05) is 49.0 Å². The second-order valence-corrected chi connectivity index (χ2v) is 7.01. The molecule has 2 N–H and O–H groups in total. The molecule has 1 fully saturated rings. The van der Waals surface area contributed by atoms with Gasteiger partial charge in [-0.05, 0) is 30.3 Å². The van der Waals surface area contributed by atoms with Crippen LogP contribution in [0.5, 0.6) is 0 Å². The maximum atomic E-state index is 12.5. The van der Waals surface area contributed by atoms with E-state index < -0.39 is 0 Å². The van der Waals surface area contributed by atoms with E-state index in [1.807, 2.05) is 12.3 Å². The third kappa shape index (κ3) is 3.20. The molecule has 0 unspecified atom stereocenters. The van der Waals surface area contributed by atoms with Crippen molar-refractivity contribution in [1.82, 2.24) is 9.88 Å².